The van der Waals surface area contributed by atoms with E-state index < -0.39 is 47.0 Å². The molecule has 1 amide bonds. The van der Waals surface area contributed by atoms with Gasteiger partial charge in [0.25, 0.3) is 0 Å². The van der Waals surface area contributed by atoms with Crippen LogP contribution in [0.3, 0.4) is 0 Å². The van der Waals surface area contributed by atoms with E-state index in [0.29, 0.717) is 55.5 Å². The van der Waals surface area contributed by atoms with Crippen molar-refractivity contribution >= 4 is 34.6 Å². The number of carboxylic acid groups (broad SMARTS) is 1. The number of aryl methyl sites for hydroxylation is 1. The average Bonchev–Trinajstić information content (AvgIpc) is 2.85. The third-order valence-corrected chi connectivity index (χ3v) is 7.49. The summed E-state index contributed by atoms with van der Waals surface area (Å²) in [5.74, 6) is -2.67. The van der Waals surface area contributed by atoms with Gasteiger partial charge in [0.15, 0.2) is 0 Å². The highest BCUT2D eigenvalue weighted by Crippen LogP contribution is 2.39. The van der Waals surface area contributed by atoms with Gasteiger partial charge in [-0.15, -0.1) is 0 Å². The van der Waals surface area contributed by atoms with Gasteiger partial charge in [-0.3, -0.25) is 4.79 Å². The number of hydrogen-bond acceptors (Lipinski definition) is 7. The number of hydrogen-bond donors (Lipinski definition) is 2. The topological polar surface area (TPSA) is 127 Å². The maximum atomic E-state index is 15.6. The number of piperidine rings is 1. The maximum Gasteiger partial charge on any atom is 0.408 e. The zero-order valence-electron chi connectivity index (χ0n) is 23.9. The Morgan fingerprint density at radius 2 is 1.80 bits per heavy atom. The minimum Gasteiger partial charge on any atom is -0.477 e. The minimum atomic E-state index is -1.34. The lowest BCUT2D eigenvalue weighted by Gasteiger charge is -2.37. The number of alkyl carbamates (subject to hydrolysis) is 1. The summed E-state index contributed by atoms with van der Waals surface area (Å²) >= 11 is 0. The van der Waals surface area contributed by atoms with E-state index in [1.807, 2.05) is 11.8 Å². The molecule has 0 radical (unpaired) electrons. The number of carboxylic acids is 1. The van der Waals surface area contributed by atoms with Crippen molar-refractivity contribution in [1.82, 2.24) is 9.88 Å². The molecule has 1 fully saturated rings. The first-order chi connectivity index (χ1) is 18.7. The van der Waals surface area contributed by atoms with Crippen LogP contribution in [0.15, 0.2) is 17.1 Å². The summed E-state index contributed by atoms with van der Waals surface area (Å²) in [6, 6.07) is 0.240. The second kappa shape index (κ2) is 11.1. The normalized spacial score (nSPS) is 18.5. The third kappa shape index (κ3) is 5.93. The van der Waals surface area contributed by atoms with E-state index in [1.54, 1.807) is 39.2 Å². The fourth-order valence-electron chi connectivity index (χ4n) is 5.50. The first-order valence-electron chi connectivity index (χ1n) is 13.8. The van der Waals surface area contributed by atoms with Gasteiger partial charge < -0.3 is 29.4 Å². The van der Waals surface area contributed by atoms with E-state index in [-0.39, 0.29) is 22.9 Å². The molecule has 11 heteroatoms. The standard InChI is InChI=1S/C29H38FN3O7/c1-15(2)22(31-28(38)40-29(4,5)6)27(37)39-17-9-11-32(12-10-17)24-18-8-7-16(3)33-14-20(26(35)36)25(34)19(23(18)33)13-21(24)30/h13-17,22H,7-12H2,1-6H3,(H,31,38)(H,35,36)/t16-,22-/m0/s1. The number of amides is 1. The zero-order chi connectivity index (χ0) is 29.5. The number of nitrogens with one attached hydrogen (secondary N) is 1. The van der Waals surface area contributed by atoms with Crippen LogP contribution >= 0.6 is 0 Å². The first kappa shape index (κ1) is 29.4. The van der Waals surface area contributed by atoms with Gasteiger partial charge in [0, 0.05) is 49.1 Å². The van der Waals surface area contributed by atoms with Crippen molar-refractivity contribution < 1.29 is 33.4 Å². The van der Waals surface area contributed by atoms with Gasteiger partial charge in [0.1, 0.15) is 29.1 Å². The number of rotatable bonds is 6. The lowest BCUT2D eigenvalue weighted by molar-refractivity contribution is -0.153. The summed E-state index contributed by atoms with van der Waals surface area (Å²) in [7, 11) is 0. The Bertz CT molecular complexity index is 1390. The predicted octanol–water partition coefficient (Wildman–Crippen LogP) is 4.41. The molecule has 2 aromatic rings. The van der Waals surface area contributed by atoms with Crippen molar-refractivity contribution in [2.45, 2.75) is 91.0 Å². The number of carbonyl (C=O) groups excluding carboxylic acids is 2. The van der Waals surface area contributed by atoms with E-state index in [2.05, 4.69) is 5.32 Å². The summed E-state index contributed by atoms with van der Waals surface area (Å²) in [5.41, 5.74) is -0.0874. The van der Waals surface area contributed by atoms with Crippen molar-refractivity contribution in [2.24, 2.45) is 5.92 Å². The van der Waals surface area contributed by atoms with Crippen LogP contribution in [0.25, 0.3) is 10.9 Å². The van der Waals surface area contributed by atoms with E-state index in [4.69, 9.17) is 9.47 Å². The number of aromatic nitrogens is 1. The molecule has 2 atom stereocenters. The van der Waals surface area contributed by atoms with E-state index in [9.17, 15) is 24.3 Å². The first-order valence-corrected chi connectivity index (χ1v) is 13.8. The van der Waals surface area contributed by atoms with Crippen molar-refractivity contribution in [2.75, 3.05) is 18.0 Å². The van der Waals surface area contributed by atoms with Crippen LogP contribution in [-0.2, 0) is 20.7 Å². The fourth-order valence-corrected chi connectivity index (χ4v) is 5.50. The molecule has 0 spiro atoms. The summed E-state index contributed by atoms with van der Waals surface area (Å²) in [4.78, 5) is 51.6. The SMILES string of the molecule is CC(C)[C@H](NC(=O)OC(C)(C)C)C(=O)OC1CCN(c2c(F)cc3c(=O)c(C(=O)O)cn4c3c2CC[C@@H]4C)CC1. The summed E-state index contributed by atoms with van der Waals surface area (Å²) in [5, 5.41) is 12.2. The molecular formula is C29H38FN3O7. The Morgan fingerprint density at radius 1 is 1.15 bits per heavy atom. The molecule has 1 saturated heterocycles. The van der Waals surface area contributed by atoms with Crippen LogP contribution in [0.5, 0.6) is 0 Å². The highest BCUT2D eigenvalue weighted by atomic mass is 19.1. The van der Waals surface area contributed by atoms with Crippen molar-refractivity contribution in [3.63, 3.8) is 0 Å². The second-order valence-electron chi connectivity index (χ2n) is 12.0. The number of nitrogens with zero attached hydrogens (tertiary/aromatic N) is 2. The van der Waals surface area contributed by atoms with Crippen molar-refractivity contribution in [1.29, 1.82) is 0 Å². The van der Waals surface area contributed by atoms with Gasteiger partial charge in [-0.1, -0.05) is 13.8 Å². The molecule has 1 aromatic heterocycles. The van der Waals surface area contributed by atoms with Crippen LogP contribution in [0.2, 0.25) is 0 Å². The summed E-state index contributed by atoms with van der Waals surface area (Å²) in [6.07, 6.45) is 2.42. The van der Waals surface area contributed by atoms with Gasteiger partial charge in [0.2, 0.25) is 5.43 Å². The molecule has 2 N–H and O–H groups in total. The average molecular weight is 560 g/mol. The molecule has 1 aromatic carbocycles. The Labute approximate surface area is 232 Å². The molecule has 0 aliphatic carbocycles. The van der Waals surface area contributed by atoms with Crippen LogP contribution in [0.4, 0.5) is 14.9 Å². The Hall–Kier alpha value is -3.63. The minimum absolute atomic E-state index is 0.0413. The Kier molecular flexibility index (Phi) is 8.14. The molecule has 10 nitrogen and oxygen atoms in total. The number of carbonyl (C=O) groups is 3. The van der Waals surface area contributed by atoms with Crippen molar-refractivity contribution in [3.05, 3.63) is 39.4 Å². The quantitative estimate of drug-likeness (QED) is 0.499. The van der Waals surface area contributed by atoms with Crippen LogP contribution in [0, 0.1) is 11.7 Å². The van der Waals surface area contributed by atoms with Crippen LogP contribution in [0.1, 0.15) is 82.8 Å². The van der Waals surface area contributed by atoms with Crippen LogP contribution < -0.4 is 15.6 Å². The number of pyridine rings is 1. The van der Waals surface area contributed by atoms with Gasteiger partial charge in [-0.2, -0.15) is 0 Å². The number of benzene rings is 1. The number of ether oxygens (including phenoxy) is 2. The second-order valence-corrected chi connectivity index (χ2v) is 12.0. The molecule has 2 aliphatic rings. The molecule has 3 heterocycles. The Balaban J connectivity index is 1.52. The largest absolute Gasteiger partial charge is 0.477 e. The number of anilines is 1. The molecule has 0 bridgehead atoms. The zero-order valence-corrected chi connectivity index (χ0v) is 23.9. The molecule has 218 valence electrons. The van der Waals surface area contributed by atoms with Gasteiger partial charge >= 0.3 is 18.0 Å². The van der Waals surface area contributed by atoms with Gasteiger partial charge in [0.05, 0.1) is 11.2 Å². The third-order valence-electron chi connectivity index (χ3n) is 7.49. The molecule has 0 unspecified atom stereocenters. The lowest BCUT2D eigenvalue weighted by atomic mass is 9.93. The van der Waals surface area contributed by atoms with E-state index in [0.717, 1.165) is 6.07 Å². The molecule has 0 saturated carbocycles. The smallest absolute Gasteiger partial charge is 0.408 e. The van der Waals surface area contributed by atoms with E-state index >= 15 is 4.39 Å². The highest BCUT2D eigenvalue weighted by molar-refractivity contribution is 5.95. The summed E-state index contributed by atoms with van der Waals surface area (Å²) in [6.45, 7) is 11.6. The van der Waals surface area contributed by atoms with Gasteiger partial charge in [-0.25, -0.2) is 18.8 Å². The van der Waals surface area contributed by atoms with Gasteiger partial charge in [-0.05, 0) is 52.5 Å². The monoisotopic (exact) mass is 559 g/mol. The maximum absolute atomic E-state index is 15.6. The molecule has 2 aliphatic heterocycles. The molecule has 4 rings (SSSR count). The lowest BCUT2D eigenvalue weighted by Crippen LogP contribution is -2.49. The molecular weight excluding hydrogens is 521 g/mol. The number of aromatic carboxylic acids is 1. The van der Waals surface area contributed by atoms with Crippen LogP contribution in [-0.4, -0.2) is 58.5 Å². The number of halogens is 1. The summed E-state index contributed by atoms with van der Waals surface area (Å²) < 4.78 is 28.4. The van der Waals surface area contributed by atoms with Crippen molar-refractivity contribution in [3.8, 4) is 0 Å². The number of esters is 1. The fraction of sp³-hybridized carbons (Fsp3) is 0.586. The highest BCUT2D eigenvalue weighted by Gasteiger charge is 2.33. The van der Waals surface area contributed by atoms with E-state index in [1.165, 1.54) is 6.20 Å². The predicted molar refractivity (Wildman–Crippen MR) is 147 cm³/mol. The Morgan fingerprint density at radius 3 is 2.38 bits per heavy atom. The molecule has 40 heavy (non-hydrogen) atoms.